The lowest BCUT2D eigenvalue weighted by Gasteiger charge is -2.13. The zero-order chi connectivity index (χ0) is 14.8. The first kappa shape index (κ1) is 16.4. The number of hydrogen-bond donors (Lipinski definition) is 2. The largest absolute Gasteiger partial charge is 0.445 e. The predicted octanol–water partition coefficient (Wildman–Crippen LogP) is 2.80. The van der Waals surface area contributed by atoms with E-state index < -0.39 is 18.4 Å². The molecule has 1 amide bonds. The summed E-state index contributed by atoms with van der Waals surface area (Å²) in [5.74, 6) is 0. The van der Waals surface area contributed by atoms with E-state index >= 15 is 0 Å². The summed E-state index contributed by atoms with van der Waals surface area (Å²) in [6, 6.07) is 9.38. The van der Waals surface area contributed by atoms with Gasteiger partial charge in [-0.05, 0) is 24.8 Å². The third-order valence-corrected chi connectivity index (χ3v) is 2.97. The summed E-state index contributed by atoms with van der Waals surface area (Å²) in [7, 11) is 0. The lowest BCUT2D eigenvalue weighted by atomic mass is 10.1. The molecule has 0 aliphatic carbocycles. The molecule has 0 aliphatic heterocycles. The van der Waals surface area contributed by atoms with Crippen LogP contribution in [0.3, 0.4) is 0 Å². The molecule has 1 aromatic carbocycles. The van der Waals surface area contributed by atoms with Gasteiger partial charge in [-0.1, -0.05) is 37.3 Å². The summed E-state index contributed by atoms with van der Waals surface area (Å²) in [4.78, 5) is 11.4. The van der Waals surface area contributed by atoms with Crippen LogP contribution in [0.5, 0.6) is 0 Å². The second kappa shape index (κ2) is 9.31. The van der Waals surface area contributed by atoms with Gasteiger partial charge in [-0.3, -0.25) is 0 Å². The number of alkyl carbamates (subject to hydrolysis) is 1. The molecular formula is C15H22FNO3. The molecule has 0 aliphatic rings. The first-order chi connectivity index (χ1) is 9.63. The third kappa shape index (κ3) is 6.52. The average molecular weight is 283 g/mol. The summed E-state index contributed by atoms with van der Waals surface area (Å²) >= 11 is 0. The van der Waals surface area contributed by atoms with Crippen LogP contribution in [0.4, 0.5) is 9.18 Å². The Kier molecular flexibility index (Phi) is 7.65. The number of aliphatic hydroxyl groups is 1. The summed E-state index contributed by atoms with van der Waals surface area (Å²) in [5, 5.41) is 12.0. The molecule has 0 fully saturated rings. The van der Waals surface area contributed by atoms with Crippen LogP contribution in [-0.4, -0.2) is 30.0 Å². The van der Waals surface area contributed by atoms with Gasteiger partial charge in [0.1, 0.15) is 12.8 Å². The number of nitrogens with one attached hydrogen (secondary N) is 1. The van der Waals surface area contributed by atoms with Crippen LogP contribution < -0.4 is 5.32 Å². The molecule has 1 rings (SSSR count). The van der Waals surface area contributed by atoms with Crippen molar-refractivity contribution in [2.24, 2.45) is 0 Å². The van der Waals surface area contributed by atoms with E-state index in [2.05, 4.69) is 5.32 Å². The Morgan fingerprint density at radius 2 is 2.10 bits per heavy atom. The quantitative estimate of drug-likeness (QED) is 0.721. The van der Waals surface area contributed by atoms with Crippen molar-refractivity contribution in [2.45, 2.75) is 45.1 Å². The number of hydrogen-bond acceptors (Lipinski definition) is 3. The SMILES string of the molecule is CCC(F)C(O)CCCNC(=O)OCc1ccccc1. The Labute approximate surface area is 119 Å². The molecule has 0 saturated heterocycles. The number of carbonyl (C=O) groups is 1. The Balaban J connectivity index is 2.09. The number of amides is 1. The number of rotatable bonds is 8. The lowest BCUT2D eigenvalue weighted by Crippen LogP contribution is -2.27. The molecule has 112 valence electrons. The monoisotopic (exact) mass is 283 g/mol. The highest BCUT2D eigenvalue weighted by atomic mass is 19.1. The molecule has 0 bridgehead atoms. The number of aliphatic hydroxyl groups excluding tert-OH is 1. The maximum atomic E-state index is 13.1. The Bertz CT molecular complexity index is 386. The molecule has 0 spiro atoms. The van der Waals surface area contributed by atoms with Gasteiger partial charge in [0.2, 0.25) is 0 Å². The molecule has 4 nitrogen and oxygen atoms in total. The number of ether oxygens (including phenoxy) is 1. The van der Waals surface area contributed by atoms with Gasteiger partial charge in [0.25, 0.3) is 0 Å². The predicted molar refractivity (Wildman–Crippen MR) is 75.1 cm³/mol. The van der Waals surface area contributed by atoms with Gasteiger partial charge in [0.15, 0.2) is 0 Å². The summed E-state index contributed by atoms with van der Waals surface area (Å²) < 4.78 is 18.1. The molecule has 2 atom stereocenters. The van der Waals surface area contributed by atoms with Gasteiger partial charge in [0, 0.05) is 6.54 Å². The minimum atomic E-state index is -1.19. The van der Waals surface area contributed by atoms with E-state index in [0.717, 1.165) is 5.56 Å². The first-order valence-electron chi connectivity index (χ1n) is 6.90. The molecule has 0 radical (unpaired) electrons. The highest BCUT2D eigenvalue weighted by molar-refractivity contribution is 5.67. The second-order valence-electron chi connectivity index (χ2n) is 4.62. The van der Waals surface area contributed by atoms with Crippen molar-refractivity contribution in [3.05, 3.63) is 35.9 Å². The fourth-order valence-corrected chi connectivity index (χ4v) is 1.73. The standard InChI is InChI=1S/C15H22FNO3/c1-2-13(16)14(18)9-6-10-17-15(19)20-11-12-7-4-3-5-8-12/h3-5,7-8,13-14,18H,2,6,9-11H2,1H3,(H,17,19). The molecule has 20 heavy (non-hydrogen) atoms. The van der Waals surface area contributed by atoms with Gasteiger partial charge in [-0.15, -0.1) is 0 Å². The van der Waals surface area contributed by atoms with E-state index in [1.165, 1.54) is 0 Å². The van der Waals surface area contributed by atoms with Gasteiger partial charge in [0.05, 0.1) is 6.10 Å². The van der Waals surface area contributed by atoms with Crippen LogP contribution in [0, 0.1) is 0 Å². The van der Waals surface area contributed by atoms with Gasteiger partial charge < -0.3 is 15.2 Å². The zero-order valence-corrected chi connectivity index (χ0v) is 11.7. The lowest BCUT2D eigenvalue weighted by molar-refractivity contribution is 0.0666. The fraction of sp³-hybridized carbons (Fsp3) is 0.533. The van der Waals surface area contributed by atoms with E-state index in [1.54, 1.807) is 6.92 Å². The minimum absolute atomic E-state index is 0.220. The number of halogens is 1. The Hall–Kier alpha value is -1.62. The average Bonchev–Trinajstić information content (AvgIpc) is 2.49. The summed E-state index contributed by atoms with van der Waals surface area (Å²) in [5.41, 5.74) is 0.918. The van der Waals surface area contributed by atoms with Crippen LogP contribution in [0.1, 0.15) is 31.7 Å². The molecule has 0 heterocycles. The highest BCUT2D eigenvalue weighted by Crippen LogP contribution is 2.09. The van der Waals surface area contributed by atoms with Gasteiger partial charge >= 0.3 is 6.09 Å². The number of carbonyl (C=O) groups excluding carboxylic acids is 1. The second-order valence-corrected chi connectivity index (χ2v) is 4.62. The fourth-order valence-electron chi connectivity index (χ4n) is 1.73. The first-order valence-corrected chi connectivity index (χ1v) is 6.90. The van der Waals surface area contributed by atoms with Crippen molar-refractivity contribution in [1.29, 1.82) is 0 Å². The van der Waals surface area contributed by atoms with Crippen LogP contribution in [0.15, 0.2) is 30.3 Å². The van der Waals surface area contributed by atoms with E-state index in [0.29, 0.717) is 25.8 Å². The smallest absolute Gasteiger partial charge is 0.407 e. The molecule has 0 saturated carbocycles. The molecule has 1 aromatic rings. The van der Waals surface area contributed by atoms with Crippen molar-refractivity contribution in [3.8, 4) is 0 Å². The molecule has 2 N–H and O–H groups in total. The molecule has 0 aromatic heterocycles. The van der Waals surface area contributed by atoms with Crippen molar-refractivity contribution >= 4 is 6.09 Å². The summed E-state index contributed by atoms with van der Waals surface area (Å²) in [6.07, 6.45) is -1.51. The van der Waals surface area contributed by atoms with Crippen LogP contribution >= 0.6 is 0 Å². The highest BCUT2D eigenvalue weighted by Gasteiger charge is 2.15. The van der Waals surface area contributed by atoms with Gasteiger partial charge in [-0.25, -0.2) is 9.18 Å². The van der Waals surface area contributed by atoms with Crippen LogP contribution in [-0.2, 0) is 11.3 Å². The maximum absolute atomic E-state index is 13.1. The van der Waals surface area contributed by atoms with E-state index in [4.69, 9.17) is 4.74 Å². The van der Waals surface area contributed by atoms with Crippen LogP contribution in [0.25, 0.3) is 0 Å². The third-order valence-electron chi connectivity index (χ3n) is 2.97. The Morgan fingerprint density at radius 1 is 1.40 bits per heavy atom. The molecule has 5 heteroatoms. The molecule has 2 unspecified atom stereocenters. The van der Waals surface area contributed by atoms with Crippen molar-refractivity contribution in [3.63, 3.8) is 0 Å². The van der Waals surface area contributed by atoms with E-state index in [-0.39, 0.29) is 6.61 Å². The van der Waals surface area contributed by atoms with Crippen molar-refractivity contribution in [2.75, 3.05) is 6.54 Å². The maximum Gasteiger partial charge on any atom is 0.407 e. The van der Waals surface area contributed by atoms with Gasteiger partial charge in [-0.2, -0.15) is 0 Å². The number of alkyl halides is 1. The van der Waals surface area contributed by atoms with Crippen LogP contribution in [0.2, 0.25) is 0 Å². The molecular weight excluding hydrogens is 261 g/mol. The summed E-state index contributed by atoms with van der Waals surface area (Å²) in [6.45, 7) is 2.27. The van der Waals surface area contributed by atoms with Crippen molar-refractivity contribution in [1.82, 2.24) is 5.32 Å². The zero-order valence-electron chi connectivity index (χ0n) is 11.7. The Morgan fingerprint density at radius 3 is 2.75 bits per heavy atom. The topological polar surface area (TPSA) is 58.6 Å². The minimum Gasteiger partial charge on any atom is -0.445 e. The van der Waals surface area contributed by atoms with E-state index in [9.17, 15) is 14.3 Å². The number of benzene rings is 1. The van der Waals surface area contributed by atoms with Crippen molar-refractivity contribution < 1.29 is 19.0 Å². The normalized spacial score (nSPS) is 13.6. The van der Waals surface area contributed by atoms with E-state index in [1.807, 2.05) is 30.3 Å².